The number of hydrogen-bond donors (Lipinski definition) is 2. The Kier molecular flexibility index (Phi) is 6.10. The number of halogens is 4. The van der Waals surface area contributed by atoms with Gasteiger partial charge in [-0.05, 0) is 23.1 Å². The van der Waals surface area contributed by atoms with Crippen LogP contribution in [-0.4, -0.2) is 19.0 Å². The van der Waals surface area contributed by atoms with Crippen molar-refractivity contribution in [2.75, 3.05) is 13.1 Å². The van der Waals surface area contributed by atoms with E-state index >= 15 is 0 Å². The molecule has 0 saturated carbocycles. The summed E-state index contributed by atoms with van der Waals surface area (Å²) in [6.07, 6.45) is -4.39. The lowest BCUT2D eigenvalue weighted by Crippen LogP contribution is -2.52. The van der Waals surface area contributed by atoms with Gasteiger partial charge in [-0.2, -0.15) is 13.2 Å². The van der Waals surface area contributed by atoms with Crippen LogP contribution in [0.1, 0.15) is 37.9 Å². The first-order valence-electron chi connectivity index (χ1n) is 7.27. The largest absolute Gasteiger partial charge is 0.416 e. The van der Waals surface area contributed by atoms with E-state index in [2.05, 4.69) is 10.6 Å². The monoisotopic (exact) mass is 350 g/mol. The molecule has 1 aliphatic rings. The van der Waals surface area contributed by atoms with Gasteiger partial charge in [0.25, 0.3) is 0 Å². The third-order valence-electron chi connectivity index (χ3n) is 3.85. The van der Waals surface area contributed by atoms with Crippen molar-refractivity contribution >= 4 is 18.3 Å². The van der Waals surface area contributed by atoms with Gasteiger partial charge in [0.15, 0.2) is 0 Å². The lowest BCUT2D eigenvalue weighted by atomic mass is 9.81. The first-order chi connectivity index (χ1) is 10.1. The van der Waals surface area contributed by atoms with Crippen LogP contribution in [0.4, 0.5) is 13.2 Å². The number of hydrogen-bond acceptors (Lipinski definition) is 2. The van der Waals surface area contributed by atoms with Gasteiger partial charge >= 0.3 is 6.18 Å². The average molecular weight is 351 g/mol. The molecule has 0 spiro atoms. The highest BCUT2D eigenvalue weighted by Crippen LogP contribution is 2.36. The predicted molar refractivity (Wildman–Crippen MR) is 85.4 cm³/mol. The van der Waals surface area contributed by atoms with Crippen LogP contribution < -0.4 is 10.6 Å². The molecule has 2 N–H and O–H groups in total. The second-order valence-electron chi connectivity index (χ2n) is 6.79. The van der Waals surface area contributed by atoms with E-state index < -0.39 is 23.2 Å². The van der Waals surface area contributed by atoms with Crippen molar-refractivity contribution in [3.63, 3.8) is 0 Å². The molecule has 7 heteroatoms. The van der Waals surface area contributed by atoms with Crippen molar-refractivity contribution < 1.29 is 18.0 Å². The quantitative estimate of drug-likeness (QED) is 0.875. The fourth-order valence-electron chi connectivity index (χ4n) is 2.43. The maximum atomic E-state index is 12.9. The summed E-state index contributed by atoms with van der Waals surface area (Å²) in [4.78, 5) is 12.2. The Morgan fingerprint density at radius 3 is 2.30 bits per heavy atom. The maximum absolute atomic E-state index is 12.9. The van der Waals surface area contributed by atoms with E-state index in [0.29, 0.717) is 18.7 Å². The predicted octanol–water partition coefficient (Wildman–Crippen LogP) is 3.55. The van der Waals surface area contributed by atoms with Crippen LogP contribution in [0.15, 0.2) is 24.3 Å². The standard InChI is InChI=1S/C16H21F3N2O.ClH/c1-15(2,3)13(21-14(22)11-8-20-9-11)10-5-4-6-12(7-10)16(17,18)19;/h4-7,11,13,20H,8-9H2,1-3H3,(H,21,22);1H. The van der Waals surface area contributed by atoms with Gasteiger partial charge in [0.05, 0.1) is 17.5 Å². The maximum Gasteiger partial charge on any atom is 0.416 e. The number of benzene rings is 1. The zero-order valence-electron chi connectivity index (χ0n) is 13.3. The van der Waals surface area contributed by atoms with E-state index in [4.69, 9.17) is 0 Å². The summed E-state index contributed by atoms with van der Waals surface area (Å²) in [5, 5.41) is 5.92. The van der Waals surface area contributed by atoms with E-state index in [1.807, 2.05) is 20.8 Å². The van der Waals surface area contributed by atoms with Crippen molar-refractivity contribution in [2.24, 2.45) is 11.3 Å². The van der Waals surface area contributed by atoms with E-state index in [9.17, 15) is 18.0 Å². The van der Waals surface area contributed by atoms with Gasteiger partial charge in [-0.25, -0.2) is 0 Å². The molecule has 23 heavy (non-hydrogen) atoms. The summed E-state index contributed by atoms with van der Waals surface area (Å²) >= 11 is 0. The van der Waals surface area contributed by atoms with E-state index in [0.717, 1.165) is 12.1 Å². The molecular formula is C16H22ClF3N2O. The van der Waals surface area contributed by atoms with Gasteiger partial charge in [-0.15, -0.1) is 12.4 Å². The van der Waals surface area contributed by atoms with Crippen molar-refractivity contribution in [2.45, 2.75) is 33.0 Å². The van der Waals surface area contributed by atoms with Gasteiger partial charge in [-0.3, -0.25) is 4.79 Å². The fourth-order valence-corrected chi connectivity index (χ4v) is 2.43. The number of alkyl halides is 3. The molecule has 0 aliphatic carbocycles. The molecule has 1 amide bonds. The second-order valence-corrected chi connectivity index (χ2v) is 6.79. The lowest BCUT2D eigenvalue weighted by molar-refractivity contribution is -0.137. The third-order valence-corrected chi connectivity index (χ3v) is 3.85. The number of nitrogens with one attached hydrogen (secondary N) is 2. The summed E-state index contributed by atoms with van der Waals surface area (Å²) < 4.78 is 38.7. The first kappa shape index (κ1) is 19.8. The second kappa shape index (κ2) is 7.09. The minimum Gasteiger partial charge on any atom is -0.348 e. The Hall–Kier alpha value is -1.27. The van der Waals surface area contributed by atoms with Crippen LogP contribution in [-0.2, 0) is 11.0 Å². The summed E-state index contributed by atoms with van der Waals surface area (Å²) in [5.41, 5.74) is -0.612. The topological polar surface area (TPSA) is 41.1 Å². The molecule has 1 saturated heterocycles. The minimum absolute atomic E-state index is 0. The van der Waals surface area contributed by atoms with Crippen LogP contribution in [0, 0.1) is 11.3 Å². The molecule has 1 aliphatic heterocycles. The molecule has 1 aromatic rings. The number of rotatable bonds is 3. The Morgan fingerprint density at radius 1 is 1.26 bits per heavy atom. The average Bonchev–Trinajstić information content (AvgIpc) is 2.31. The van der Waals surface area contributed by atoms with Crippen LogP contribution in [0.25, 0.3) is 0 Å². The zero-order chi connectivity index (χ0) is 16.5. The molecule has 130 valence electrons. The number of carbonyl (C=O) groups is 1. The molecular weight excluding hydrogens is 329 g/mol. The first-order valence-corrected chi connectivity index (χ1v) is 7.27. The van der Waals surface area contributed by atoms with E-state index in [1.54, 1.807) is 6.07 Å². The Balaban J connectivity index is 0.00000264. The summed E-state index contributed by atoms with van der Waals surface area (Å²) in [5.74, 6) is -0.216. The van der Waals surface area contributed by atoms with Gasteiger partial charge < -0.3 is 10.6 Å². The summed E-state index contributed by atoms with van der Waals surface area (Å²) in [6, 6.07) is 4.71. The smallest absolute Gasteiger partial charge is 0.348 e. The van der Waals surface area contributed by atoms with Gasteiger partial charge in [-0.1, -0.05) is 32.9 Å². The Bertz CT molecular complexity index is 551. The highest BCUT2D eigenvalue weighted by molar-refractivity contribution is 5.85. The van der Waals surface area contributed by atoms with Crippen LogP contribution in [0.3, 0.4) is 0 Å². The normalized spacial score (nSPS) is 17.0. The Morgan fingerprint density at radius 2 is 1.87 bits per heavy atom. The Labute approximate surface area is 140 Å². The van der Waals surface area contributed by atoms with Gasteiger partial charge in [0.2, 0.25) is 5.91 Å². The van der Waals surface area contributed by atoms with Crippen LogP contribution in [0.2, 0.25) is 0 Å². The highest BCUT2D eigenvalue weighted by Gasteiger charge is 2.35. The fraction of sp³-hybridized carbons (Fsp3) is 0.562. The molecule has 0 radical (unpaired) electrons. The lowest BCUT2D eigenvalue weighted by Gasteiger charge is -2.35. The third kappa shape index (κ3) is 4.85. The zero-order valence-corrected chi connectivity index (χ0v) is 14.1. The van der Waals surface area contributed by atoms with E-state index in [1.165, 1.54) is 6.07 Å². The van der Waals surface area contributed by atoms with Gasteiger partial charge in [0, 0.05) is 13.1 Å². The van der Waals surface area contributed by atoms with Gasteiger partial charge in [0.1, 0.15) is 0 Å². The molecule has 1 unspecified atom stereocenters. The van der Waals surface area contributed by atoms with Crippen molar-refractivity contribution in [3.05, 3.63) is 35.4 Å². The molecule has 1 aromatic carbocycles. The van der Waals surface area contributed by atoms with E-state index in [-0.39, 0.29) is 24.2 Å². The molecule has 0 bridgehead atoms. The molecule has 0 aromatic heterocycles. The molecule has 1 heterocycles. The molecule has 1 atom stereocenters. The van der Waals surface area contributed by atoms with Crippen LogP contribution in [0.5, 0.6) is 0 Å². The van der Waals surface area contributed by atoms with Crippen molar-refractivity contribution in [1.29, 1.82) is 0 Å². The molecule has 1 fully saturated rings. The molecule has 2 rings (SSSR count). The minimum atomic E-state index is -4.39. The van der Waals surface area contributed by atoms with Crippen LogP contribution >= 0.6 is 12.4 Å². The summed E-state index contributed by atoms with van der Waals surface area (Å²) in [7, 11) is 0. The molecule has 3 nitrogen and oxygen atoms in total. The number of amides is 1. The SMILES string of the molecule is CC(C)(C)C(NC(=O)C1CNC1)c1cccc(C(F)(F)F)c1.Cl. The highest BCUT2D eigenvalue weighted by atomic mass is 35.5. The summed E-state index contributed by atoms with van der Waals surface area (Å²) in [6.45, 7) is 6.93. The number of carbonyl (C=O) groups excluding carboxylic acids is 1. The van der Waals surface area contributed by atoms with Crippen molar-refractivity contribution in [3.8, 4) is 0 Å². The van der Waals surface area contributed by atoms with Crippen molar-refractivity contribution in [1.82, 2.24) is 10.6 Å².